The molecule has 134 valence electrons. The van der Waals surface area contributed by atoms with Crippen molar-refractivity contribution in [3.05, 3.63) is 103 Å². The van der Waals surface area contributed by atoms with Crippen LogP contribution in [0.15, 0.2) is 97.6 Å². The molecule has 0 bridgehead atoms. The van der Waals surface area contributed by atoms with E-state index in [4.69, 9.17) is 5.11 Å². The number of carboxylic acids is 1. The van der Waals surface area contributed by atoms with Crippen LogP contribution in [-0.4, -0.2) is 25.8 Å². The van der Waals surface area contributed by atoms with Gasteiger partial charge in [-0.15, -0.1) is 0 Å². The zero-order valence-corrected chi connectivity index (χ0v) is 14.6. The fraction of sp³-hybridized carbons (Fsp3) is 0.0455. The summed E-state index contributed by atoms with van der Waals surface area (Å²) in [5.74, 6) is -0.860. The van der Waals surface area contributed by atoms with Crippen molar-refractivity contribution in [1.29, 1.82) is 0 Å². The first-order valence-corrected chi connectivity index (χ1v) is 8.48. The Bertz CT molecular complexity index is 931. The zero-order chi connectivity index (χ0) is 18.9. The van der Waals surface area contributed by atoms with Crippen molar-refractivity contribution in [3.8, 4) is 16.8 Å². The maximum absolute atomic E-state index is 10.5. The van der Waals surface area contributed by atoms with Crippen molar-refractivity contribution in [3.63, 3.8) is 0 Å². The summed E-state index contributed by atoms with van der Waals surface area (Å²) >= 11 is 0. The van der Waals surface area contributed by atoms with E-state index in [9.17, 15) is 4.79 Å². The molecule has 5 nitrogen and oxygen atoms in total. The van der Waals surface area contributed by atoms with Gasteiger partial charge < -0.3 is 5.11 Å². The lowest BCUT2D eigenvalue weighted by Gasteiger charge is -1.98. The van der Waals surface area contributed by atoms with Crippen LogP contribution in [-0.2, 0) is 11.2 Å². The highest BCUT2D eigenvalue weighted by Crippen LogP contribution is 2.17. The Morgan fingerprint density at radius 1 is 0.852 bits per heavy atom. The number of pyridine rings is 1. The maximum Gasteiger partial charge on any atom is 0.307 e. The quantitative estimate of drug-likeness (QED) is 0.593. The fourth-order valence-corrected chi connectivity index (χ4v) is 2.52. The van der Waals surface area contributed by atoms with Gasteiger partial charge in [-0.25, -0.2) is 4.68 Å². The van der Waals surface area contributed by atoms with Gasteiger partial charge in [0.25, 0.3) is 0 Å². The molecule has 0 aliphatic carbocycles. The molecular formula is C22H19N3O2. The summed E-state index contributed by atoms with van der Waals surface area (Å²) in [5.41, 5.74) is 4.04. The Labute approximate surface area is 157 Å². The monoisotopic (exact) mass is 357 g/mol. The van der Waals surface area contributed by atoms with Crippen LogP contribution in [0.2, 0.25) is 0 Å². The third-order valence-electron chi connectivity index (χ3n) is 3.78. The molecule has 0 atom stereocenters. The van der Waals surface area contributed by atoms with Gasteiger partial charge in [0.15, 0.2) is 0 Å². The molecule has 2 heterocycles. The van der Waals surface area contributed by atoms with Crippen molar-refractivity contribution in [2.75, 3.05) is 0 Å². The van der Waals surface area contributed by atoms with E-state index in [1.165, 1.54) is 11.1 Å². The predicted octanol–water partition coefficient (Wildman–Crippen LogP) is 4.25. The van der Waals surface area contributed by atoms with Crippen LogP contribution in [0.25, 0.3) is 16.8 Å². The van der Waals surface area contributed by atoms with E-state index in [-0.39, 0.29) is 6.42 Å². The first-order valence-electron chi connectivity index (χ1n) is 8.48. The van der Waals surface area contributed by atoms with Crippen molar-refractivity contribution in [1.82, 2.24) is 14.8 Å². The summed E-state index contributed by atoms with van der Waals surface area (Å²) in [6, 6.07) is 24.4. The molecule has 0 amide bonds. The van der Waals surface area contributed by atoms with Gasteiger partial charge in [0.05, 0.1) is 24.5 Å². The topological polar surface area (TPSA) is 68.0 Å². The minimum absolute atomic E-state index is 0.0136. The second-order valence-electron chi connectivity index (χ2n) is 5.81. The van der Waals surface area contributed by atoms with E-state index >= 15 is 0 Å². The number of aliphatic carboxylic acids is 1. The molecule has 4 aromatic rings. The average Bonchev–Trinajstić information content (AvgIpc) is 3.18. The van der Waals surface area contributed by atoms with Crippen LogP contribution in [0.1, 0.15) is 5.56 Å². The molecule has 27 heavy (non-hydrogen) atoms. The molecule has 4 rings (SSSR count). The van der Waals surface area contributed by atoms with Crippen molar-refractivity contribution in [2.24, 2.45) is 0 Å². The normalized spacial score (nSPS) is 9.93. The average molecular weight is 357 g/mol. The van der Waals surface area contributed by atoms with E-state index in [0.717, 1.165) is 5.69 Å². The molecule has 0 aliphatic heterocycles. The minimum Gasteiger partial charge on any atom is -0.481 e. The summed E-state index contributed by atoms with van der Waals surface area (Å²) in [7, 11) is 0. The zero-order valence-electron chi connectivity index (χ0n) is 14.6. The third-order valence-corrected chi connectivity index (χ3v) is 3.78. The smallest absolute Gasteiger partial charge is 0.307 e. The maximum atomic E-state index is 10.5. The van der Waals surface area contributed by atoms with Crippen molar-refractivity contribution >= 4 is 5.97 Å². The van der Waals surface area contributed by atoms with Crippen molar-refractivity contribution in [2.45, 2.75) is 6.42 Å². The second-order valence-corrected chi connectivity index (χ2v) is 5.81. The molecular weight excluding hydrogens is 338 g/mol. The Hall–Kier alpha value is -3.73. The Morgan fingerprint density at radius 3 is 2.00 bits per heavy atom. The molecule has 0 saturated carbocycles. The van der Waals surface area contributed by atoms with E-state index in [2.05, 4.69) is 58.6 Å². The van der Waals surface area contributed by atoms with Gasteiger partial charge in [0.2, 0.25) is 0 Å². The van der Waals surface area contributed by atoms with Gasteiger partial charge in [-0.3, -0.25) is 9.78 Å². The second kappa shape index (κ2) is 9.10. The predicted molar refractivity (Wildman–Crippen MR) is 105 cm³/mol. The van der Waals surface area contributed by atoms with Crippen LogP contribution in [0.4, 0.5) is 0 Å². The number of hydrogen-bond donors (Lipinski definition) is 1. The Morgan fingerprint density at radius 2 is 1.48 bits per heavy atom. The number of nitrogens with zero attached hydrogens (tertiary/aromatic N) is 3. The van der Waals surface area contributed by atoms with Gasteiger partial charge in [-0.1, -0.05) is 60.7 Å². The van der Waals surface area contributed by atoms with Crippen LogP contribution in [0, 0.1) is 0 Å². The largest absolute Gasteiger partial charge is 0.481 e. The lowest BCUT2D eigenvalue weighted by molar-refractivity contribution is -0.136. The molecule has 0 saturated heterocycles. The van der Waals surface area contributed by atoms with Crippen LogP contribution < -0.4 is 0 Å². The molecule has 0 spiro atoms. The number of carboxylic acid groups (broad SMARTS) is 1. The highest BCUT2D eigenvalue weighted by Gasteiger charge is 2.04. The van der Waals surface area contributed by atoms with Crippen molar-refractivity contribution < 1.29 is 9.90 Å². The van der Waals surface area contributed by atoms with E-state index in [1.54, 1.807) is 35.5 Å². The summed E-state index contributed by atoms with van der Waals surface area (Å²) < 4.78 is 1.60. The Kier molecular flexibility index (Phi) is 6.09. The van der Waals surface area contributed by atoms with Gasteiger partial charge in [-0.05, 0) is 23.3 Å². The highest BCUT2D eigenvalue weighted by molar-refractivity contribution is 5.69. The lowest BCUT2D eigenvalue weighted by atomic mass is 10.1. The number of carbonyl (C=O) groups is 1. The minimum atomic E-state index is -0.860. The summed E-state index contributed by atoms with van der Waals surface area (Å²) in [4.78, 5) is 14.4. The molecule has 0 aliphatic rings. The molecule has 0 fully saturated rings. The first-order chi connectivity index (χ1) is 13.2. The van der Waals surface area contributed by atoms with Gasteiger partial charge in [0, 0.05) is 18.0 Å². The summed E-state index contributed by atoms with van der Waals surface area (Å²) in [5, 5.41) is 12.7. The number of benzene rings is 2. The Balaban J connectivity index is 0.000000159. The molecule has 2 aromatic carbocycles. The van der Waals surface area contributed by atoms with Gasteiger partial charge >= 0.3 is 5.97 Å². The number of rotatable bonds is 4. The van der Waals surface area contributed by atoms with E-state index in [1.807, 2.05) is 18.2 Å². The molecule has 1 N–H and O–H groups in total. The lowest BCUT2D eigenvalue weighted by Crippen LogP contribution is -1.98. The standard InChI is InChI=1S/C12H10.C10H9N3O2/c1-3-7-11(8-4-1)12-9-5-2-6-10-12;14-10(15)4-8-5-12-13(7-8)9-2-1-3-11-6-9/h1-10H;1-3,5-7H,4H2,(H,14,15). The van der Waals surface area contributed by atoms with E-state index < -0.39 is 5.97 Å². The third kappa shape index (κ3) is 5.37. The fourth-order valence-electron chi connectivity index (χ4n) is 2.52. The molecule has 2 aromatic heterocycles. The SMILES string of the molecule is O=C(O)Cc1cnn(-c2cccnc2)c1.c1ccc(-c2ccccc2)cc1. The van der Waals surface area contributed by atoms with Crippen LogP contribution >= 0.6 is 0 Å². The van der Waals surface area contributed by atoms with E-state index in [0.29, 0.717) is 5.56 Å². The van der Waals surface area contributed by atoms with Crippen LogP contribution in [0.3, 0.4) is 0 Å². The number of aromatic nitrogens is 3. The van der Waals surface area contributed by atoms with Gasteiger partial charge in [0.1, 0.15) is 0 Å². The molecule has 0 unspecified atom stereocenters. The van der Waals surface area contributed by atoms with Gasteiger partial charge in [-0.2, -0.15) is 5.10 Å². The first kappa shape index (κ1) is 18.1. The summed E-state index contributed by atoms with van der Waals surface area (Å²) in [6.07, 6.45) is 6.55. The summed E-state index contributed by atoms with van der Waals surface area (Å²) in [6.45, 7) is 0. The van der Waals surface area contributed by atoms with Crippen LogP contribution in [0.5, 0.6) is 0 Å². The molecule has 5 heteroatoms. The highest BCUT2D eigenvalue weighted by atomic mass is 16.4. The molecule has 0 radical (unpaired) electrons. The number of hydrogen-bond acceptors (Lipinski definition) is 3.